The highest BCUT2D eigenvalue weighted by Gasteiger charge is 2.30. The summed E-state index contributed by atoms with van der Waals surface area (Å²) in [4.78, 5) is 0. The molecule has 0 nitrogen and oxygen atoms in total. The molecular weight excluding hydrogens is 261 g/mol. The summed E-state index contributed by atoms with van der Waals surface area (Å²) in [5, 5.41) is 0.0643. The van der Waals surface area contributed by atoms with Crippen molar-refractivity contribution in [3.63, 3.8) is 0 Å². The molecule has 0 aliphatic heterocycles. The van der Waals surface area contributed by atoms with Gasteiger partial charge < -0.3 is 0 Å². The van der Waals surface area contributed by atoms with Gasteiger partial charge in [0, 0.05) is 5.38 Å². The molecule has 0 aromatic heterocycles. The van der Waals surface area contributed by atoms with E-state index in [2.05, 4.69) is 13.8 Å². The fraction of sp³-hybridized carbons (Fsp3) is 0.571. The molecule has 0 saturated carbocycles. The Morgan fingerprint density at radius 2 is 1.61 bits per heavy atom. The van der Waals surface area contributed by atoms with E-state index in [9.17, 15) is 13.2 Å². The highest BCUT2D eigenvalue weighted by atomic mass is 35.5. The Bertz CT molecular complexity index is 377. The first-order valence-corrected chi connectivity index (χ1v) is 6.34. The number of hydrogen-bond donors (Lipinski definition) is 0. The van der Waals surface area contributed by atoms with Crippen molar-refractivity contribution < 1.29 is 13.2 Å². The van der Waals surface area contributed by atoms with Crippen molar-refractivity contribution in [3.8, 4) is 0 Å². The summed E-state index contributed by atoms with van der Waals surface area (Å²) < 4.78 is 37.2. The van der Waals surface area contributed by atoms with Gasteiger partial charge in [0.1, 0.15) is 0 Å². The Morgan fingerprint density at radius 1 is 1.11 bits per heavy atom. The van der Waals surface area contributed by atoms with Gasteiger partial charge in [-0.05, 0) is 42.9 Å². The standard InChI is InChI=1S/C14H18ClF3/c1-10(15)8-13(2,3)9-11-4-6-12(7-5-11)14(16,17)18/h4-7,10H,8-9H2,1-3H3. The molecule has 1 rings (SSSR count). The molecule has 0 aliphatic rings. The van der Waals surface area contributed by atoms with Crippen LogP contribution in [0.3, 0.4) is 0 Å². The van der Waals surface area contributed by atoms with Gasteiger partial charge in [0.25, 0.3) is 0 Å². The molecule has 0 fully saturated rings. The predicted octanol–water partition coefficient (Wildman–Crippen LogP) is 5.29. The highest BCUT2D eigenvalue weighted by molar-refractivity contribution is 6.20. The zero-order valence-electron chi connectivity index (χ0n) is 10.8. The van der Waals surface area contributed by atoms with Crippen molar-refractivity contribution in [2.24, 2.45) is 5.41 Å². The lowest BCUT2D eigenvalue weighted by Gasteiger charge is -2.26. The van der Waals surface area contributed by atoms with Gasteiger partial charge in [-0.25, -0.2) is 0 Å². The topological polar surface area (TPSA) is 0 Å². The zero-order chi connectivity index (χ0) is 14.0. The maximum absolute atomic E-state index is 12.4. The van der Waals surface area contributed by atoms with Gasteiger partial charge in [-0.1, -0.05) is 26.0 Å². The van der Waals surface area contributed by atoms with Crippen LogP contribution in [0.1, 0.15) is 38.3 Å². The summed E-state index contributed by atoms with van der Waals surface area (Å²) in [5.74, 6) is 0. The summed E-state index contributed by atoms with van der Waals surface area (Å²) in [6.07, 6.45) is -2.71. The molecule has 0 bridgehead atoms. The Labute approximate surface area is 111 Å². The minimum Gasteiger partial charge on any atom is -0.166 e. The summed E-state index contributed by atoms with van der Waals surface area (Å²) in [6, 6.07) is 5.36. The molecule has 0 aliphatic carbocycles. The lowest BCUT2D eigenvalue weighted by Crippen LogP contribution is -2.19. The second-order valence-electron chi connectivity index (χ2n) is 5.52. The normalized spacial score (nSPS) is 14.6. The molecule has 0 amide bonds. The first kappa shape index (κ1) is 15.4. The number of hydrogen-bond acceptors (Lipinski definition) is 0. The van der Waals surface area contributed by atoms with Crippen LogP contribution in [0.25, 0.3) is 0 Å². The van der Waals surface area contributed by atoms with Gasteiger partial charge in [-0.15, -0.1) is 11.6 Å². The van der Waals surface area contributed by atoms with Crippen molar-refractivity contribution in [2.45, 2.75) is 45.2 Å². The second kappa shape index (κ2) is 5.52. The van der Waals surface area contributed by atoms with Crippen LogP contribution in [-0.2, 0) is 12.6 Å². The van der Waals surface area contributed by atoms with Crippen LogP contribution < -0.4 is 0 Å². The molecule has 0 heterocycles. The van der Waals surface area contributed by atoms with Gasteiger partial charge in [0.05, 0.1) is 5.56 Å². The molecule has 4 heteroatoms. The number of alkyl halides is 4. The molecule has 1 unspecified atom stereocenters. The summed E-state index contributed by atoms with van der Waals surface area (Å²) in [6.45, 7) is 6.07. The second-order valence-corrected chi connectivity index (χ2v) is 6.27. The lowest BCUT2D eigenvalue weighted by molar-refractivity contribution is -0.137. The van der Waals surface area contributed by atoms with Gasteiger partial charge in [-0.2, -0.15) is 13.2 Å². The number of halogens is 4. The van der Waals surface area contributed by atoms with E-state index in [1.807, 2.05) is 6.92 Å². The van der Waals surface area contributed by atoms with Crippen molar-refractivity contribution in [1.29, 1.82) is 0 Å². The van der Waals surface area contributed by atoms with Crippen LogP contribution in [0.2, 0.25) is 0 Å². The van der Waals surface area contributed by atoms with Crippen LogP contribution in [-0.4, -0.2) is 5.38 Å². The Kier molecular flexibility index (Phi) is 4.71. The smallest absolute Gasteiger partial charge is 0.166 e. The fourth-order valence-electron chi connectivity index (χ4n) is 2.20. The molecule has 1 atom stereocenters. The van der Waals surface area contributed by atoms with E-state index in [-0.39, 0.29) is 10.8 Å². The predicted molar refractivity (Wildman–Crippen MR) is 68.9 cm³/mol. The summed E-state index contributed by atoms with van der Waals surface area (Å²) >= 11 is 5.96. The maximum atomic E-state index is 12.4. The molecule has 1 aromatic carbocycles. The summed E-state index contributed by atoms with van der Waals surface area (Å²) in [7, 11) is 0. The molecule has 1 aromatic rings. The average Bonchev–Trinajstić information content (AvgIpc) is 2.13. The summed E-state index contributed by atoms with van der Waals surface area (Å²) in [5.41, 5.74) is 0.293. The van der Waals surface area contributed by atoms with Crippen molar-refractivity contribution >= 4 is 11.6 Å². The number of benzene rings is 1. The third-order valence-electron chi connectivity index (χ3n) is 2.80. The van der Waals surface area contributed by atoms with E-state index in [0.29, 0.717) is 0 Å². The first-order chi connectivity index (χ1) is 8.10. The highest BCUT2D eigenvalue weighted by Crippen LogP contribution is 2.32. The molecular formula is C14H18ClF3. The fourth-order valence-corrected chi connectivity index (χ4v) is 2.62. The van der Waals surface area contributed by atoms with Gasteiger partial charge >= 0.3 is 6.18 Å². The van der Waals surface area contributed by atoms with Crippen LogP contribution in [0.15, 0.2) is 24.3 Å². The van der Waals surface area contributed by atoms with E-state index in [4.69, 9.17) is 11.6 Å². The van der Waals surface area contributed by atoms with Gasteiger partial charge in [0.2, 0.25) is 0 Å². The minimum atomic E-state index is -4.27. The van der Waals surface area contributed by atoms with Crippen molar-refractivity contribution in [2.75, 3.05) is 0 Å². The van der Waals surface area contributed by atoms with Gasteiger partial charge in [0.15, 0.2) is 0 Å². The molecule has 0 N–H and O–H groups in total. The van der Waals surface area contributed by atoms with E-state index in [1.54, 1.807) is 12.1 Å². The number of rotatable bonds is 4. The van der Waals surface area contributed by atoms with E-state index in [0.717, 1.165) is 30.5 Å². The van der Waals surface area contributed by atoms with E-state index < -0.39 is 11.7 Å². The Morgan fingerprint density at radius 3 is 2.00 bits per heavy atom. The van der Waals surface area contributed by atoms with Crippen LogP contribution in [0, 0.1) is 5.41 Å². The first-order valence-electron chi connectivity index (χ1n) is 5.90. The van der Waals surface area contributed by atoms with Crippen LogP contribution >= 0.6 is 11.6 Å². The monoisotopic (exact) mass is 278 g/mol. The Balaban J connectivity index is 2.75. The minimum absolute atomic E-state index is 0.0130. The van der Waals surface area contributed by atoms with Crippen LogP contribution in [0.4, 0.5) is 13.2 Å². The third-order valence-corrected chi connectivity index (χ3v) is 2.95. The third kappa shape index (κ3) is 4.89. The van der Waals surface area contributed by atoms with E-state index in [1.165, 1.54) is 0 Å². The van der Waals surface area contributed by atoms with Gasteiger partial charge in [-0.3, -0.25) is 0 Å². The Hall–Kier alpha value is -0.700. The molecule has 18 heavy (non-hydrogen) atoms. The SMILES string of the molecule is CC(Cl)CC(C)(C)Cc1ccc(C(F)(F)F)cc1. The van der Waals surface area contributed by atoms with Crippen molar-refractivity contribution in [3.05, 3.63) is 35.4 Å². The quantitative estimate of drug-likeness (QED) is 0.656. The van der Waals surface area contributed by atoms with E-state index >= 15 is 0 Å². The van der Waals surface area contributed by atoms with Crippen LogP contribution in [0.5, 0.6) is 0 Å². The lowest BCUT2D eigenvalue weighted by atomic mass is 9.81. The van der Waals surface area contributed by atoms with Crippen molar-refractivity contribution in [1.82, 2.24) is 0 Å². The molecule has 0 radical (unpaired) electrons. The average molecular weight is 279 g/mol. The molecule has 102 valence electrons. The molecule has 0 spiro atoms. The zero-order valence-corrected chi connectivity index (χ0v) is 11.6. The largest absolute Gasteiger partial charge is 0.416 e. The maximum Gasteiger partial charge on any atom is 0.416 e. The molecule has 0 saturated heterocycles.